The molecular formula is C16H21FN2. The van der Waals surface area contributed by atoms with E-state index in [0.29, 0.717) is 0 Å². The summed E-state index contributed by atoms with van der Waals surface area (Å²) < 4.78 is 15.3. The summed E-state index contributed by atoms with van der Waals surface area (Å²) in [4.78, 5) is 0. The molecule has 102 valence electrons. The fraction of sp³-hybridized carbons (Fsp3) is 0.375. The molecule has 3 heteroatoms. The zero-order valence-corrected chi connectivity index (χ0v) is 11.6. The minimum atomic E-state index is -0.180. The maximum atomic E-state index is 13.1. The smallest absolute Gasteiger partial charge is 0.123 e. The van der Waals surface area contributed by atoms with Crippen LogP contribution in [0, 0.1) is 5.82 Å². The molecule has 1 N–H and O–H groups in total. The van der Waals surface area contributed by atoms with Crippen LogP contribution in [0.3, 0.4) is 0 Å². The molecule has 2 rings (SSSR count). The molecule has 0 radical (unpaired) electrons. The predicted octanol–water partition coefficient (Wildman–Crippen LogP) is 3.89. The van der Waals surface area contributed by atoms with E-state index in [1.807, 2.05) is 6.07 Å². The molecule has 0 aliphatic rings. The second kappa shape index (κ2) is 6.53. The number of hydrogen-bond donors (Lipinski definition) is 1. The van der Waals surface area contributed by atoms with Crippen molar-refractivity contribution in [1.82, 2.24) is 9.88 Å². The summed E-state index contributed by atoms with van der Waals surface area (Å²) in [5.41, 5.74) is 2.24. The molecule has 0 aliphatic carbocycles. The van der Waals surface area contributed by atoms with E-state index in [2.05, 4.69) is 42.2 Å². The first-order chi connectivity index (χ1) is 9.19. The van der Waals surface area contributed by atoms with Gasteiger partial charge in [0.25, 0.3) is 0 Å². The van der Waals surface area contributed by atoms with Crippen molar-refractivity contribution >= 4 is 0 Å². The summed E-state index contributed by atoms with van der Waals surface area (Å²) in [6.45, 7) is 6.08. The minimum absolute atomic E-state index is 0.144. The van der Waals surface area contributed by atoms with Crippen LogP contribution in [0.15, 0.2) is 42.7 Å². The van der Waals surface area contributed by atoms with Crippen LogP contribution < -0.4 is 5.32 Å². The number of aryl methyl sites for hydroxylation is 1. The van der Waals surface area contributed by atoms with Crippen molar-refractivity contribution in [1.29, 1.82) is 0 Å². The van der Waals surface area contributed by atoms with Gasteiger partial charge in [0, 0.05) is 31.5 Å². The first-order valence-corrected chi connectivity index (χ1v) is 6.82. The van der Waals surface area contributed by atoms with E-state index in [1.165, 1.54) is 11.6 Å². The van der Waals surface area contributed by atoms with Gasteiger partial charge >= 0.3 is 0 Å². The third kappa shape index (κ3) is 3.93. The van der Waals surface area contributed by atoms with Gasteiger partial charge < -0.3 is 9.88 Å². The second-order valence-electron chi connectivity index (χ2n) is 4.92. The molecule has 1 aromatic heterocycles. The molecule has 0 saturated heterocycles. The van der Waals surface area contributed by atoms with Gasteiger partial charge in [-0.1, -0.05) is 19.1 Å². The monoisotopic (exact) mass is 260 g/mol. The highest BCUT2D eigenvalue weighted by atomic mass is 19.1. The number of benzene rings is 1. The van der Waals surface area contributed by atoms with Gasteiger partial charge in [0.15, 0.2) is 0 Å². The van der Waals surface area contributed by atoms with Crippen LogP contribution in [0.2, 0.25) is 0 Å². The lowest BCUT2D eigenvalue weighted by atomic mass is 10.1. The SMILES string of the molecule is CCCn1ccc(CN[C@H](C)c2cccc(F)c2)c1. The van der Waals surface area contributed by atoms with Gasteiger partial charge in [0.05, 0.1) is 0 Å². The molecule has 19 heavy (non-hydrogen) atoms. The van der Waals surface area contributed by atoms with Crippen LogP contribution in [-0.4, -0.2) is 4.57 Å². The van der Waals surface area contributed by atoms with E-state index in [1.54, 1.807) is 12.1 Å². The Kier molecular flexibility index (Phi) is 4.74. The average Bonchev–Trinajstić information content (AvgIpc) is 2.84. The molecule has 0 saturated carbocycles. The highest BCUT2D eigenvalue weighted by Gasteiger charge is 2.06. The summed E-state index contributed by atoms with van der Waals surface area (Å²) in [5, 5.41) is 3.42. The van der Waals surface area contributed by atoms with Gasteiger partial charge in [-0.25, -0.2) is 4.39 Å². The summed E-state index contributed by atoms with van der Waals surface area (Å²) in [6.07, 6.45) is 5.41. The van der Waals surface area contributed by atoms with Gasteiger partial charge in [-0.2, -0.15) is 0 Å². The molecule has 1 aromatic carbocycles. The Hall–Kier alpha value is -1.61. The van der Waals surface area contributed by atoms with Crippen LogP contribution in [0.4, 0.5) is 4.39 Å². The average molecular weight is 260 g/mol. The van der Waals surface area contributed by atoms with Crippen LogP contribution in [-0.2, 0) is 13.1 Å². The third-order valence-electron chi connectivity index (χ3n) is 3.25. The summed E-state index contributed by atoms with van der Waals surface area (Å²) in [7, 11) is 0. The second-order valence-corrected chi connectivity index (χ2v) is 4.92. The van der Waals surface area contributed by atoms with Crippen molar-refractivity contribution < 1.29 is 4.39 Å². The van der Waals surface area contributed by atoms with Crippen molar-refractivity contribution in [3.8, 4) is 0 Å². The Morgan fingerprint density at radius 3 is 2.89 bits per heavy atom. The molecular weight excluding hydrogens is 239 g/mol. The first-order valence-electron chi connectivity index (χ1n) is 6.82. The molecule has 2 aromatic rings. The van der Waals surface area contributed by atoms with E-state index in [4.69, 9.17) is 0 Å². The third-order valence-corrected chi connectivity index (χ3v) is 3.25. The molecule has 0 aliphatic heterocycles. The fourth-order valence-electron chi connectivity index (χ4n) is 2.16. The fourth-order valence-corrected chi connectivity index (χ4v) is 2.16. The first kappa shape index (κ1) is 13.8. The van der Waals surface area contributed by atoms with Gasteiger partial charge in [-0.3, -0.25) is 0 Å². The maximum Gasteiger partial charge on any atom is 0.123 e. The lowest BCUT2D eigenvalue weighted by Crippen LogP contribution is -2.17. The molecule has 0 fully saturated rings. The number of rotatable bonds is 6. The summed E-state index contributed by atoms with van der Waals surface area (Å²) in [6, 6.07) is 9.02. The molecule has 1 heterocycles. The van der Waals surface area contributed by atoms with Gasteiger partial charge in [-0.15, -0.1) is 0 Å². The van der Waals surface area contributed by atoms with Crippen molar-refractivity contribution in [3.63, 3.8) is 0 Å². The lowest BCUT2D eigenvalue weighted by Gasteiger charge is -2.13. The maximum absolute atomic E-state index is 13.1. The summed E-state index contributed by atoms with van der Waals surface area (Å²) in [5.74, 6) is -0.180. The minimum Gasteiger partial charge on any atom is -0.354 e. The number of nitrogens with one attached hydrogen (secondary N) is 1. The Morgan fingerprint density at radius 1 is 1.32 bits per heavy atom. The summed E-state index contributed by atoms with van der Waals surface area (Å²) >= 11 is 0. The number of nitrogens with zero attached hydrogens (tertiary/aromatic N) is 1. The molecule has 0 spiro atoms. The zero-order chi connectivity index (χ0) is 13.7. The normalized spacial score (nSPS) is 12.6. The van der Waals surface area contributed by atoms with Crippen molar-refractivity contribution in [2.24, 2.45) is 0 Å². The molecule has 2 nitrogen and oxygen atoms in total. The Balaban J connectivity index is 1.90. The molecule has 0 amide bonds. The van der Waals surface area contributed by atoms with E-state index in [9.17, 15) is 4.39 Å². The highest BCUT2D eigenvalue weighted by Crippen LogP contribution is 2.14. The zero-order valence-electron chi connectivity index (χ0n) is 11.6. The molecule has 1 atom stereocenters. The quantitative estimate of drug-likeness (QED) is 0.834. The number of hydrogen-bond acceptors (Lipinski definition) is 1. The Bertz CT molecular complexity index is 519. The molecule has 0 bridgehead atoms. The van der Waals surface area contributed by atoms with E-state index >= 15 is 0 Å². The number of aromatic nitrogens is 1. The number of halogens is 1. The van der Waals surface area contributed by atoms with Gasteiger partial charge in [0.2, 0.25) is 0 Å². The Labute approximate surface area is 114 Å². The molecule has 0 unspecified atom stereocenters. The van der Waals surface area contributed by atoms with Gasteiger partial charge in [0.1, 0.15) is 5.82 Å². The van der Waals surface area contributed by atoms with Crippen LogP contribution in [0.25, 0.3) is 0 Å². The van der Waals surface area contributed by atoms with Crippen molar-refractivity contribution in [2.45, 2.75) is 39.4 Å². The lowest BCUT2D eigenvalue weighted by molar-refractivity contribution is 0.564. The van der Waals surface area contributed by atoms with Crippen LogP contribution in [0.5, 0.6) is 0 Å². The topological polar surface area (TPSA) is 17.0 Å². The van der Waals surface area contributed by atoms with E-state index < -0.39 is 0 Å². The van der Waals surface area contributed by atoms with Crippen molar-refractivity contribution in [2.75, 3.05) is 0 Å². The van der Waals surface area contributed by atoms with E-state index in [-0.39, 0.29) is 11.9 Å². The Morgan fingerprint density at radius 2 is 2.16 bits per heavy atom. The predicted molar refractivity (Wildman–Crippen MR) is 76.4 cm³/mol. The largest absolute Gasteiger partial charge is 0.354 e. The van der Waals surface area contributed by atoms with Crippen LogP contribution >= 0.6 is 0 Å². The van der Waals surface area contributed by atoms with Gasteiger partial charge in [-0.05, 0) is 42.7 Å². The van der Waals surface area contributed by atoms with Crippen LogP contribution in [0.1, 0.15) is 37.4 Å². The van der Waals surface area contributed by atoms with E-state index in [0.717, 1.165) is 25.1 Å². The highest BCUT2D eigenvalue weighted by molar-refractivity contribution is 5.20. The van der Waals surface area contributed by atoms with Crippen molar-refractivity contribution in [3.05, 3.63) is 59.7 Å². The standard InChI is InChI=1S/C16H21FN2/c1-3-8-19-9-7-14(12-19)11-18-13(2)15-5-4-6-16(17)10-15/h4-7,9-10,12-13,18H,3,8,11H2,1-2H3/t13-/m1/s1.